The highest BCUT2D eigenvalue weighted by Crippen LogP contribution is 2.38. The maximum atomic E-state index is 12.5. The fourth-order valence-corrected chi connectivity index (χ4v) is 2.91. The highest BCUT2D eigenvalue weighted by atomic mass is 35.5. The normalized spacial score (nSPS) is 11.6. The van der Waals surface area contributed by atoms with Gasteiger partial charge in [0.1, 0.15) is 0 Å². The van der Waals surface area contributed by atoms with Crippen LogP contribution in [0.4, 0.5) is 0 Å². The average Bonchev–Trinajstić information content (AvgIpc) is 2.76. The molecule has 0 aliphatic heterocycles. The van der Waals surface area contributed by atoms with Crippen LogP contribution in [0.1, 0.15) is 23.6 Å². The average molecular weight is 434 g/mol. The van der Waals surface area contributed by atoms with Crippen LogP contribution in [-0.4, -0.2) is 40.3 Å². The Bertz CT molecular complexity index is 885. The maximum absolute atomic E-state index is 12.5. The first-order chi connectivity index (χ1) is 14.4. The van der Waals surface area contributed by atoms with Gasteiger partial charge in [0, 0.05) is 11.1 Å². The van der Waals surface area contributed by atoms with Gasteiger partial charge in [0.05, 0.1) is 40.9 Å². The standard InChI is InChI=1S/C22H24ClNO6/c1-27-18-11-14(12-19(28-2)22(18)30-4)5-10-20(25)24-17(13-21(26)29-3)15-6-8-16(23)9-7-15/h5-12,17H,13H2,1-4H3,(H,24,25)/b10-5+. The van der Waals surface area contributed by atoms with Crippen molar-refractivity contribution in [3.05, 3.63) is 58.6 Å². The van der Waals surface area contributed by atoms with E-state index >= 15 is 0 Å². The minimum Gasteiger partial charge on any atom is -0.493 e. The zero-order valence-corrected chi connectivity index (χ0v) is 18.0. The molecule has 7 nitrogen and oxygen atoms in total. The van der Waals surface area contributed by atoms with Gasteiger partial charge in [-0.1, -0.05) is 23.7 Å². The molecule has 0 aromatic heterocycles. The number of carbonyl (C=O) groups is 2. The summed E-state index contributed by atoms with van der Waals surface area (Å²) < 4.78 is 20.7. The number of ether oxygens (including phenoxy) is 4. The second-order valence-electron chi connectivity index (χ2n) is 6.18. The van der Waals surface area contributed by atoms with Crippen molar-refractivity contribution in [2.75, 3.05) is 28.4 Å². The van der Waals surface area contributed by atoms with Crippen molar-refractivity contribution in [2.24, 2.45) is 0 Å². The summed E-state index contributed by atoms with van der Waals surface area (Å²) in [6.07, 6.45) is 2.96. The van der Waals surface area contributed by atoms with Crippen LogP contribution < -0.4 is 19.5 Å². The molecule has 1 amide bonds. The number of methoxy groups -OCH3 is 4. The molecule has 0 bridgehead atoms. The summed E-state index contributed by atoms with van der Waals surface area (Å²) in [6.45, 7) is 0. The molecule has 1 unspecified atom stereocenters. The second kappa shape index (κ2) is 11.1. The number of amides is 1. The van der Waals surface area contributed by atoms with Crippen LogP contribution in [0.5, 0.6) is 17.2 Å². The quantitative estimate of drug-likeness (QED) is 0.478. The van der Waals surface area contributed by atoms with Gasteiger partial charge in [0.2, 0.25) is 11.7 Å². The van der Waals surface area contributed by atoms with Crippen LogP contribution in [0.2, 0.25) is 5.02 Å². The Morgan fingerprint density at radius 3 is 2.10 bits per heavy atom. The summed E-state index contributed by atoms with van der Waals surface area (Å²) in [5, 5.41) is 3.37. The van der Waals surface area contributed by atoms with Gasteiger partial charge in [-0.25, -0.2) is 0 Å². The number of rotatable bonds is 9. The first-order valence-electron chi connectivity index (χ1n) is 9.02. The van der Waals surface area contributed by atoms with E-state index in [-0.39, 0.29) is 12.3 Å². The van der Waals surface area contributed by atoms with E-state index in [1.165, 1.54) is 34.5 Å². The number of hydrogen-bond acceptors (Lipinski definition) is 6. The molecule has 0 fully saturated rings. The van der Waals surface area contributed by atoms with Gasteiger partial charge in [-0.3, -0.25) is 9.59 Å². The van der Waals surface area contributed by atoms with E-state index < -0.39 is 12.0 Å². The molecule has 1 N–H and O–H groups in total. The SMILES string of the molecule is COC(=O)CC(NC(=O)/C=C/c1cc(OC)c(OC)c(OC)c1)c1ccc(Cl)cc1. The van der Waals surface area contributed by atoms with Crippen LogP contribution in [0.15, 0.2) is 42.5 Å². The number of benzene rings is 2. The largest absolute Gasteiger partial charge is 0.493 e. The van der Waals surface area contributed by atoms with Crippen molar-refractivity contribution >= 4 is 29.6 Å². The van der Waals surface area contributed by atoms with E-state index in [0.717, 1.165) is 5.56 Å². The summed E-state index contributed by atoms with van der Waals surface area (Å²) in [5.41, 5.74) is 1.41. The molecule has 0 saturated carbocycles. The van der Waals surface area contributed by atoms with E-state index in [2.05, 4.69) is 5.32 Å². The third kappa shape index (κ3) is 6.15. The number of nitrogens with one attached hydrogen (secondary N) is 1. The van der Waals surface area contributed by atoms with Crippen LogP contribution in [0, 0.1) is 0 Å². The molecule has 1 atom stereocenters. The van der Waals surface area contributed by atoms with Gasteiger partial charge in [0.25, 0.3) is 0 Å². The Kier molecular flexibility index (Phi) is 8.55. The zero-order valence-electron chi connectivity index (χ0n) is 17.2. The Morgan fingerprint density at radius 1 is 1.00 bits per heavy atom. The van der Waals surface area contributed by atoms with Crippen LogP contribution in [0.25, 0.3) is 6.08 Å². The predicted molar refractivity (Wildman–Crippen MR) is 114 cm³/mol. The van der Waals surface area contributed by atoms with Crippen molar-refractivity contribution in [3.8, 4) is 17.2 Å². The topological polar surface area (TPSA) is 83.1 Å². The van der Waals surface area contributed by atoms with Crippen molar-refractivity contribution in [1.29, 1.82) is 0 Å². The lowest BCUT2D eigenvalue weighted by Gasteiger charge is -2.17. The van der Waals surface area contributed by atoms with Gasteiger partial charge in [-0.15, -0.1) is 0 Å². The lowest BCUT2D eigenvalue weighted by Crippen LogP contribution is -2.29. The Balaban J connectivity index is 2.21. The van der Waals surface area contributed by atoms with Gasteiger partial charge in [-0.2, -0.15) is 0 Å². The minimum absolute atomic E-state index is 0.0120. The highest BCUT2D eigenvalue weighted by molar-refractivity contribution is 6.30. The van der Waals surface area contributed by atoms with Crippen LogP contribution >= 0.6 is 11.6 Å². The summed E-state index contributed by atoms with van der Waals surface area (Å²) in [7, 11) is 5.84. The predicted octanol–water partition coefficient (Wildman–Crippen LogP) is 3.80. The van der Waals surface area contributed by atoms with E-state index in [1.807, 2.05) is 0 Å². The molecule has 30 heavy (non-hydrogen) atoms. The molecule has 0 aliphatic carbocycles. The minimum atomic E-state index is -0.563. The molecule has 2 rings (SSSR count). The Labute approximate surface area is 180 Å². The molecule has 0 radical (unpaired) electrons. The van der Waals surface area contributed by atoms with Gasteiger partial charge >= 0.3 is 5.97 Å². The van der Waals surface area contributed by atoms with Gasteiger partial charge in [0.15, 0.2) is 11.5 Å². The molecule has 0 aliphatic rings. The third-order valence-corrected chi connectivity index (χ3v) is 4.55. The summed E-state index contributed by atoms with van der Waals surface area (Å²) in [4.78, 5) is 24.3. The maximum Gasteiger partial charge on any atom is 0.307 e. The van der Waals surface area contributed by atoms with E-state index in [1.54, 1.807) is 42.5 Å². The third-order valence-electron chi connectivity index (χ3n) is 4.30. The molecule has 2 aromatic rings. The lowest BCUT2D eigenvalue weighted by atomic mass is 10.0. The van der Waals surface area contributed by atoms with Gasteiger partial charge < -0.3 is 24.3 Å². The molecular formula is C22H24ClNO6. The molecule has 2 aromatic carbocycles. The fraction of sp³-hybridized carbons (Fsp3) is 0.273. The summed E-state index contributed by atoms with van der Waals surface area (Å²) in [6, 6.07) is 9.76. The monoisotopic (exact) mass is 433 g/mol. The smallest absolute Gasteiger partial charge is 0.307 e. The number of esters is 1. The van der Waals surface area contributed by atoms with E-state index in [4.69, 9.17) is 30.5 Å². The first-order valence-corrected chi connectivity index (χ1v) is 9.40. The molecule has 8 heteroatoms. The number of carbonyl (C=O) groups excluding carboxylic acids is 2. The second-order valence-corrected chi connectivity index (χ2v) is 6.62. The van der Waals surface area contributed by atoms with Crippen LogP contribution in [0.3, 0.4) is 0 Å². The lowest BCUT2D eigenvalue weighted by molar-refractivity contribution is -0.141. The fourth-order valence-electron chi connectivity index (χ4n) is 2.79. The van der Waals surface area contributed by atoms with Crippen molar-refractivity contribution < 1.29 is 28.5 Å². The molecular weight excluding hydrogens is 410 g/mol. The highest BCUT2D eigenvalue weighted by Gasteiger charge is 2.18. The van der Waals surface area contributed by atoms with Crippen molar-refractivity contribution in [3.63, 3.8) is 0 Å². The molecule has 0 heterocycles. The Morgan fingerprint density at radius 2 is 1.60 bits per heavy atom. The van der Waals surface area contributed by atoms with Crippen LogP contribution in [-0.2, 0) is 14.3 Å². The molecule has 0 saturated heterocycles. The first kappa shape index (κ1) is 23.1. The summed E-state index contributed by atoms with van der Waals surface area (Å²) in [5.74, 6) is 0.585. The van der Waals surface area contributed by atoms with Gasteiger partial charge in [-0.05, 0) is 41.5 Å². The number of halogens is 1. The van der Waals surface area contributed by atoms with E-state index in [9.17, 15) is 9.59 Å². The van der Waals surface area contributed by atoms with Crippen molar-refractivity contribution in [1.82, 2.24) is 5.32 Å². The number of hydrogen-bond donors (Lipinski definition) is 1. The molecule has 0 spiro atoms. The molecule has 160 valence electrons. The van der Waals surface area contributed by atoms with E-state index in [0.29, 0.717) is 27.8 Å². The zero-order chi connectivity index (χ0) is 22.1. The summed E-state index contributed by atoms with van der Waals surface area (Å²) >= 11 is 5.92. The van der Waals surface area contributed by atoms with Crippen molar-refractivity contribution in [2.45, 2.75) is 12.5 Å². The Hall–Kier alpha value is -3.19.